The highest BCUT2D eigenvalue weighted by atomic mass is 32.1. The first kappa shape index (κ1) is 16.5. The van der Waals surface area contributed by atoms with Gasteiger partial charge in [-0.25, -0.2) is 4.98 Å². The molecule has 2 heterocycles. The van der Waals surface area contributed by atoms with Crippen LogP contribution in [0.25, 0.3) is 33.1 Å². The normalized spacial score (nSPS) is 15.2. The molecule has 27 heavy (non-hydrogen) atoms. The summed E-state index contributed by atoms with van der Waals surface area (Å²) in [7, 11) is 0. The maximum Gasteiger partial charge on any atom is 0.117 e. The summed E-state index contributed by atoms with van der Waals surface area (Å²) in [5, 5.41) is 3.50. The minimum Gasteiger partial charge on any atom is -0.378 e. The van der Waals surface area contributed by atoms with E-state index >= 15 is 0 Å². The zero-order valence-corrected chi connectivity index (χ0v) is 15.8. The largest absolute Gasteiger partial charge is 0.378 e. The van der Waals surface area contributed by atoms with E-state index < -0.39 is 0 Å². The summed E-state index contributed by atoms with van der Waals surface area (Å²) in [5.74, 6) is 0. The predicted octanol–water partition coefficient (Wildman–Crippen LogP) is 5.46. The molecule has 0 unspecified atom stereocenters. The highest BCUT2D eigenvalue weighted by Crippen LogP contribution is 2.30. The van der Waals surface area contributed by atoms with E-state index in [1.54, 1.807) is 11.3 Å². The molecule has 0 spiro atoms. The summed E-state index contributed by atoms with van der Waals surface area (Å²) in [5.41, 5.74) is 3.55. The Labute approximate surface area is 162 Å². The van der Waals surface area contributed by atoms with Crippen LogP contribution in [0.4, 0.5) is 5.69 Å². The third-order valence-electron chi connectivity index (χ3n) is 4.99. The molecule has 0 N–H and O–H groups in total. The molecule has 0 saturated carbocycles. The number of ether oxygens (including phenoxy) is 1. The van der Waals surface area contributed by atoms with Crippen molar-refractivity contribution in [2.24, 2.45) is 0 Å². The maximum absolute atomic E-state index is 5.43. The van der Waals surface area contributed by atoms with E-state index in [9.17, 15) is 0 Å². The van der Waals surface area contributed by atoms with Gasteiger partial charge in [-0.2, -0.15) is 0 Å². The summed E-state index contributed by atoms with van der Waals surface area (Å²) in [6, 6.07) is 21.5. The predicted molar refractivity (Wildman–Crippen MR) is 116 cm³/mol. The monoisotopic (exact) mass is 372 g/mol. The van der Waals surface area contributed by atoms with Crippen LogP contribution in [0.15, 0.2) is 60.7 Å². The van der Waals surface area contributed by atoms with E-state index in [2.05, 4.69) is 77.7 Å². The molecule has 3 aromatic carbocycles. The fraction of sp³-hybridized carbons (Fsp3) is 0.174. The lowest BCUT2D eigenvalue weighted by atomic mass is 10.1. The summed E-state index contributed by atoms with van der Waals surface area (Å²) in [4.78, 5) is 7.23. The van der Waals surface area contributed by atoms with Crippen molar-refractivity contribution in [1.82, 2.24) is 4.98 Å². The molecule has 0 aliphatic carbocycles. The quantitative estimate of drug-likeness (QED) is 0.478. The molecule has 4 heteroatoms. The van der Waals surface area contributed by atoms with Gasteiger partial charge >= 0.3 is 0 Å². The molecule has 0 radical (unpaired) electrons. The van der Waals surface area contributed by atoms with Gasteiger partial charge in [0.15, 0.2) is 0 Å². The number of hydrogen-bond donors (Lipinski definition) is 0. The average Bonchev–Trinajstić information content (AvgIpc) is 3.17. The van der Waals surface area contributed by atoms with E-state index in [1.165, 1.54) is 26.7 Å². The fourth-order valence-electron chi connectivity index (χ4n) is 3.54. The van der Waals surface area contributed by atoms with E-state index in [1.807, 2.05) is 0 Å². The molecule has 3 nitrogen and oxygen atoms in total. The van der Waals surface area contributed by atoms with Crippen molar-refractivity contribution in [3.63, 3.8) is 0 Å². The smallest absolute Gasteiger partial charge is 0.117 e. The van der Waals surface area contributed by atoms with Crippen molar-refractivity contribution in [1.29, 1.82) is 0 Å². The molecule has 134 valence electrons. The zero-order valence-electron chi connectivity index (χ0n) is 15.0. The van der Waals surface area contributed by atoms with Gasteiger partial charge < -0.3 is 9.64 Å². The number of hydrogen-bond acceptors (Lipinski definition) is 4. The van der Waals surface area contributed by atoms with Crippen LogP contribution in [-0.2, 0) is 4.74 Å². The van der Waals surface area contributed by atoms with Gasteiger partial charge in [0.25, 0.3) is 0 Å². The van der Waals surface area contributed by atoms with Crippen molar-refractivity contribution < 1.29 is 4.74 Å². The Hall–Kier alpha value is -2.69. The second-order valence-electron chi connectivity index (χ2n) is 6.71. The first-order valence-electron chi connectivity index (χ1n) is 9.26. The lowest BCUT2D eigenvalue weighted by Gasteiger charge is -2.28. The van der Waals surface area contributed by atoms with Crippen molar-refractivity contribution in [3.05, 3.63) is 71.2 Å². The minimum absolute atomic E-state index is 0.813. The van der Waals surface area contributed by atoms with Crippen LogP contribution in [0, 0.1) is 0 Å². The van der Waals surface area contributed by atoms with E-state index in [4.69, 9.17) is 9.72 Å². The van der Waals surface area contributed by atoms with Crippen molar-refractivity contribution in [2.75, 3.05) is 31.2 Å². The van der Waals surface area contributed by atoms with Gasteiger partial charge in [0, 0.05) is 24.2 Å². The number of nitrogens with zero attached hydrogens (tertiary/aromatic N) is 2. The van der Waals surface area contributed by atoms with Crippen LogP contribution >= 0.6 is 11.3 Å². The summed E-state index contributed by atoms with van der Waals surface area (Å²) in [6.07, 6.45) is 4.26. The number of anilines is 1. The Morgan fingerprint density at radius 1 is 0.889 bits per heavy atom. The molecular formula is C23H20N2OS. The number of benzene rings is 3. The fourth-order valence-corrected chi connectivity index (χ4v) is 4.42. The molecular weight excluding hydrogens is 352 g/mol. The minimum atomic E-state index is 0.813. The number of rotatable bonds is 3. The van der Waals surface area contributed by atoms with Gasteiger partial charge in [0.05, 0.1) is 23.4 Å². The van der Waals surface area contributed by atoms with Crippen LogP contribution in [0.2, 0.25) is 0 Å². The number of morpholine rings is 1. The summed E-state index contributed by atoms with van der Waals surface area (Å²) in [6.45, 7) is 3.56. The summed E-state index contributed by atoms with van der Waals surface area (Å²) >= 11 is 1.74. The zero-order chi connectivity index (χ0) is 18.1. The first-order valence-corrected chi connectivity index (χ1v) is 10.1. The highest BCUT2D eigenvalue weighted by Gasteiger charge is 2.10. The molecule has 1 saturated heterocycles. The Morgan fingerprint density at radius 2 is 1.70 bits per heavy atom. The topological polar surface area (TPSA) is 25.4 Å². The molecule has 1 aliphatic rings. The Kier molecular flexibility index (Phi) is 4.36. The van der Waals surface area contributed by atoms with Crippen molar-refractivity contribution >= 4 is 50.2 Å². The van der Waals surface area contributed by atoms with Gasteiger partial charge in [-0.05, 0) is 35.2 Å². The molecule has 1 aliphatic heterocycles. The lowest BCUT2D eigenvalue weighted by Crippen LogP contribution is -2.36. The Morgan fingerprint density at radius 3 is 2.56 bits per heavy atom. The Balaban J connectivity index is 1.39. The van der Waals surface area contributed by atoms with Crippen LogP contribution in [-0.4, -0.2) is 31.3 Å². The number of aromatic nitrogens is 1. The van der Waals surface area contributed by atoms with Crippen LogP contribution in [0.1, 0.15) is 10.6 Å². The van der Waals surface area contributed by atoms with E-state index in [0.29, 0.717) is 0 Å². The van der Waals surface area contributed by atoms with Crippen LogP contribution < -0.4 is 4.90 Å². The number of fused-ring (bicyclic) bond motifs is 3. The lowest BCUT2D eigenvalue weighted by molar-refractivity contribution is 0.122. The van der Waals surface area contributed by atoms with E-state index in [0.717, 1.165) is 36.8 Å². The third kappa shape index (κ3) is 3.34. The van der Waals surface area contributed by atoms with Gasteiger partial charge in [-0.3, -0.25) is 0 Å². The average molecular weight is 372 g/mol. The van der Waals surface area contributed by atoms with Gasteiger partial charge in [-0.1, -0.05) is 48.5 Å². The van der Waals surface area contributed by atoms with Gasteiger partial charge in [0.2, 0.25) is 0 Å². The van der Waals surface area contributed by atoms with Crippen LogP contribution in [0.5, 0.6) is 0 Å². The maximum atomic E-state index is 5.43. The molecule has 0 atom stereocenters. The van der Waals surface area contributed by atoms with Gasteiger partial charge in [0.1, 0.15) is 5.01 Å². The summed E-state index contributed by atoms with van der Waals surface area (Å²) < 4.78 is 6.66. The molecule has 5 rings (SSSR count). The molecule has 4 aromatic rings. The third-order valence-corrected chi connectivity index (χ3v) is 5.97. The molecule has 1 aromatic heterocycles. The highest BCUT2D eigenvalue weighted by molar-refractivity contribution is 7.19. The Bertz CT molecular complexity index is 1110. The van der Waals surface area contributed by atoms with Gasteiger partial charge in [-0.15, -0.1) is 11.3 Å². The van der Waals surface area contributed by atoms with Crippen LogP contribution in [0.3, 0.4) is 0 Å². The first-order chi connectivity index (χ1) is 13.4. The molecule has 1 fully saturated rings. The molecule has 0 amide bonds. The second kappa shape index (κ2) is 7.14. The molecule has 0 bridgehead atoms. The SMILES string of the molecule is C(=C\c1nc2c(ccc3ccccc32)s1)/c1ccc(N2CCOCC2)cc1. The number of thiazole rings is 1. The standard InChI is InChI=1S/C23H20N2OS/c1-2-4-20-18(3-1)8-11-21-23(20)24-22(27-21)12-7-17-5-9-19(10-6-17)25-13-15-26-16-14-25/h1-12H,13-16H2/b12-7+. The van der Waals surface area contributed by atoms with Crippen molar-refractivity contribution in [2.45, 2.75) is 0 Å². The second-order valence-corrected chi connectivity index (χ2v) is 7.77. The van der Waals surface area contributed by atoms with E-state index in [-0.39, 0.29) is 0 Å². The van der Waals surface area contributed by atoms with Crippen molar-refractivity contribution in [3.8, 4) is 0 Å².